The molecule has 0 saturated heterocycles. The molecular weight excluding hydrogens is 330 g/mol. The summed E-state index contributed by atoms with van der Waals surface area (Å²) in [5.74, 6) is 2.81. The summed E-state index contributed by atoms with van der Waals surface area (Å²) in [6, 6.07) is 3.84. The Bertz CT molecular complexity index is 515. The molecule has 4 atom stereocenters. The Kier molecular flexibility index (Phi) is 10.0. The molecule has 144 valence electrons. The quantitative estimate of drug-likeness (QED) is 0.395. The van der Waals surface area contributed by atoms with Crippen LogP contribution in [0.5, 0.6) is 5.75 Å². The fourth-order valence-electron chi connectivity index (χ4n) is 3.42. The topological polar surface area (TPSA) is 9.23 Å². The Hall–Kier alpha value is -0.620. The molecular formula is C22H38FOP. The zero-order valence-electron chi connectivity index (χ0n) is 17.1. The summed E-state index contributed by atoms with van der Waals surface area (Å²) in [4.78, 5) is 0. The highest BCUT2D eigenvalue weighted by molar-refractivity contribution is 7.27. The summed E-state index contributed by atoms with van der Waals surface area (Å²) in [5, 5.41) is 0.679. The molecule has 0 aliphatic heterocycles. The van der Waals surface area contributed by atoms with E-state index in [1.807, 2.05) is 6.92 Å². The summed E-state index contributed by atoms with van der Waals surface area (Å²) in [5.41, 5.74) is 1.12. The largest absolute Gasteiger partial charge is 0.491 e. The maximum Gasteiger partial charge on any atom is 0.172 e. The van der Waals surface area contributed by atoms with Gasteiger partial charge < -0.3 is 4.74 Å². The lowest BCUT2D eigenvalue weighted by molar-refractivity contribution is 0.307. The predicted molar refractivity (Wildman–Crippen MR) is 112 cm³/mol. The second-order valence-corrected chi connectivity index (χ2v) is 8.50. The molecule has 1 rings (SSSR count). The van der Waals surface area contributed by atoms with Crippen LogP contribution in [0.2, 0.25) is 0 Å². The molecule has 0 radical (unpaired) electrons. The molecule has 1 nitrogen and oxygen atoms in total. The van der Waals surface area contributed by atoms with Gasteiger partial charge in [0.25, 0.3) is 0 Å². The van der Waals surface area contributed by atoms with Gasteiger partial charge in [0, 0.05) is 5.30 Å². The second kappa shape index (κ2) is 11.2. The number of ether oxygens (including phenoxy) is 1. The van der Waals surface area contributed by atoms with Crippen LogP contribution in [0.15, 0.2) is 12.1 Å². The third kappa shape index (κ3) is 6.89. The zero-order chi connectivity index (χ0) is 19.0. The van der Waals surface area contributed by atoms with E-state index in [0.717, 1.165) is 30.2 Å². The van der Waals surface area contributed by atoms with Crippen molar-refractivity contribution in [3.63, 3.8) is 0 Å². The molecule has 0 fully saturated rings. The summed E-state index contributed by atoms with van der Waals surface area (Å²) < 4.78 is 19.9. The molecule has 0 amide bonds. The number of hydrogen-bond donors (Lipinski definition) is 0. The monoisotopic (exact) mass is 368 g/mol. The van der Waals surface area contributed by atoms with Crippen LogP contribution in [-0.4, -0.2) is 6.61 Å². The first-order valence-corrected chi connectivity index (χ1v) is 10.6. The fraction of sp³-hybridized carbons (Fsp3) is 0.727. The Morgan fingerprint density at radius 2 is 1.56 bits per heavy atom. The zero-order valence-corrected chi connectivity index (χ0v) is 18.2. The van der Waals surface area contributed by atoms with E-state index in [4.69, 9.17) is 4.74 Å². The van der Waals surface area contributed by atoms with E-state index in [1.54, 1.807) is 6.07 Å². The molecule has 4 unspecified atom stereocenters. The molecule has 0 aliphatic carbocycles. The van der Waals surface area contributed by atoms with Gasteiger partial charge in [-0.1, -0.05) is 53.5 Å². The minimum Gasteiger partial charge on any atom is -0.491 e. The van der Waals surface area contributed by atoms with Crippen LogP contribution in [0.4, 0.5) is 4.39 Å². The number of rotatable bonds is 11. The van der Waals surface area contributed by atoms with Gasteiger partial charge in [0.05, 0.1) is 6.61 Å². The summed E-state index contributed by atoms with van der Waals surface area (Å²) in [6.07, 6.45) is 5.99. The minimum atomic E-state index is -0.221. The average molecular weight is 369 g/mol. The third-order valence-corrected chi connectivity index (χ3v) is 6.14. The molecule has 3 heteroatoms. The van der Waals surface area contributed by atoms with E-state index >= 15 is 0 Å². The Morgan fingerprint density at radius 1 is 0.960 bits per heavy atom. The Labute approximate surface area is 157 Å². The van der Waals surface area contributed by atoms with E-state index in [1.165, 1.54) is 19.3 Å². The van der Waals surface area contributed by atoms with Gasteiger partial charge in [0.2, 0.25) is 0 Å². The number of benzene rings is 1. The molecule has 0 heterocycles. The SMILES string of the molecule is CCOc1ccc(C(CC)CCC(C)C(C)CCC(C)C)c(P)c1F. The number of hydrogen-bond acceptors (Lipinski definition) is 1. The van der Waals surface area contributed by atoms with Gasteiger partial charge >= 0.3 is 0 Å². The van der Waals surface area contributed by atoms with Crippen molar-refractivity contribution in [3.8, 4) is 5.75 Å². The van der Waals surface area contributed by atoms with Gasteiger partial charge in [-0.15, -0.1) is 9.24 Å². The van der Waals surface area contributed by atoms with Crippen LogP contribution in [0.25, 0.3) is 0 Å². The van der Waals surface area contributed by atoms with Crippen molar-refractivity contribution in [1.82, 2.24) is 0 Å². The van der Waals surface area contributed by atoms with Crippen molar-refractivity contribution in [2.24, 2.45) is 17.8 Å². The van der Waals surface area contributed by atoms with E-state index in [9.17, 15) is 4.39 Å². The van der Waals surface area contributed by atoms with Crippen LogP contribution in [0.3, 0.4) is 0 Å². The minimum absolute atomic E-state index is 0.221. The van der Waals surface area contributed by atoms with Crippen LogP contribution in [0, 0.1) is 23.6 Å². The first-order valence-electron chi connectivity index (χ1n) is 10.0. The molecule has 0 aliphatic rings. The Morgan fingerprint density at radius 3 is 2.08 bits per heavy atom. The van der Waals surface area contributed by atoms with Gasteiger partial charge in [0.15, 0.2) is 11.6 Å². The van der Waals surface area contributed by atoms with Gasteiger partial charge in [-0.05, 0) is 61.5 Å². The highest BCUT2D eigenvalue weighted by Crippen LogP contribution is 2.32. The van der Waals surface area contributed by atoms with Crippen molar-refractivity contribution in [3.05, 3.63) is 23.5 Å². The van der Waals surface area contributed by atoms with Crippen LogP contribution < -0.4 is 10.0 Å². The average Bonchev–Trinajstić information content (AvgIpc) is 2.58. The summed E-state index contributed by atoms with van der Waals surface area (Å²) in [6.45, 7) is 13.9. The van der Waals surface area contributed by atoms with Crippen LogP contribution in [0.1, 0.15) is 85.1 Å². The normalized spacial score (nSPS) is 15.2. The Balaban J connectivity index is 2.72. The molecule has 0 saturated carbocycles. The van der Waals surface area contributed by atoms with Gasteiger partial charge in [-0.2, -0.15) is 0 Å². The van der Waals surface area contributed by atoms with E-state index in [2.05, 4.69) is 49.9 Å². The van der Waals surface area contributed by atoms with Crippen LogP contribution >= 0.6 is 9.24 Å². The molecule has 0 spiro atoms. The summed E-state index contributed by atoms with van der Waals surface area (Å²) >= 11 is 0. The first-order chi connectivity index (χ1) is 11.8. The van der Waals surface area contributed by atoms with E-state index < -0.39 is 0 Å². The van der Waals surface area contributed by atoms with Gasteiger partial charge in [-0.25, -0.2) is 4.39 Å². The van der Waals surface area contributed by atoms with Gasteiger partial charge in [-0.3, -0.25) is 0 Å². The lowest BCUT2D eigenvalue weighted by Crippen LogP contribution is -2.15. The molecule has 0 aromatic heterocycles. The fourth-order valence-corrected chi connectivity index (χ4v) is 3.89. The highest BCUT2D eigenvalue weighted by Gasteiger charge is 2.20. The van der Waals surface area contributed by atoms with Crippen molar-refractivity contribution >= 4 is 14.5 Å². The van der Waals surface area contributed by atoms with Gasteiger partial charge in [0.1, 0.15) is 0 Å². The summed E-state index contributed by atoms with van der Waals surface area (Å²) in [7, 11) is 2.59. The first kappa shape index (κ1) is 22.4. The van der Waals surface area contributed by atoms with Crippen molar-refractivity contribution in [2.45, 2.75) is 79.6 Å². The maximum atomic E-state index is 14.5. The van der Waals surface area contributed by atoms with Crippen molar-refractivity contribution in [1.29, 1.82) is 0 Å². The maximum absolute atomic E-state index is 14.5. The standard InChI is InChI=1S/C22H38FOP/c1-7-18(12-11-17(6)16(5)10-9-15(3)4)19-13-14-20(24-8-2)21(23)22(19)25/h13-18H,7-12,25H2,1-6H3. The third-order valence-electron chi connectivity index (χ3n) is 5.55. The molecule has 1 aromatic carbocycles. The molecule has 1 aromatic rings. The van der Waals surface area contributed by atoms with Crippen molar-refractivity contribution < 1.29 is 9.13 Å². The predicted octanol–water partition coefficient (Wildman–Crippen LogP) is 6.71. The lowest BCUT2D eigenvalue weighted by atomic mass is 9.82. The van der Waals surface area contributed by atoms with Crippen LogP contribution in [-0.2, 0) is 0 Å². The smallest absolute Gasteiger partial charge is 0.172 e. The van der Waals surface area contributed by atoms with E-state index in [-0.39, 0.29) is 5.82 Å². The lowest BCUT2D eigenvalue weighted by Gasteiger charge is -2.24. The molecule has 0 bridgehead atoms. The highest BCUT2D eigenvalue weighted by atomic mass is 31.0. The number of halogens is 1. The van der Waals surface area contributed by atoms with E-state index in [0.29, 0.717) is 29.5 Å². The molecule has 0 N–H and O–H groups in total. The second-order valence-electron chi connectivity index (χ2n) is 7.92. The van der Waals surface area contributed by atoms with Crippen molar-refractivity contribution in [2.75, 3.05) is 6.61 Å². The molecule has 25 heavy (non-hydrogen) atoms.